The number of ketones is 1. The van der Waals surface area contributed by atoms with Crippen LogP contribution in [0.2, 0.25) is 0 Å². The van der Waals surface area contributed by atoms with E-state index in [1.807, 2.05) is 24.3 Å². The number of Topliss-reactive ketones (excluding diaryl/α,β-unsaturated/α-hetero) is 1. The van der Waals surface area contributed by atoms with Gasteiger partial charge in [-0.3, -0.25) is 4.79 Å². The zero-order valence-electron chi connectivity index (χ0n) is 12.6. The first-order valence-corrected chi connectivity index (χ1v) is 7.79. The Hall–Kier alpha value is -2.67. The molecule has 23 heavy (non-hydrogen) atoms. The summed E-state index contributed by atoms with van der Waals surface area (Å²) >= 11 is 1.03. The molecule has 0 fully saturated rings. The van der Waals surface area contributed by atoms with E-state index in [4.69, 9.17) is 10.5 Å². The minimum absolute atomic E-state index is 0.230. The van der Waals surface area contributed by atoms with Crippen LogP contribution in [-0.2, 0) is 4.74 Å². The minimum Gasteiger partial charge on any atom is -0.451 e. The van der Waals surface area contributed by atoms with Gasteiger partial charge in [-0.05, 0) is 31.4 Å². The second-order valence-electron chi connectivity index (χ2n) is 5.17. The van der Waals surface area contributed by atoms with Crippen LogP contribution < -0.4 is 5.73 Å². The standard InChI is InChI=1S/C16H15N3O3S/c1-8-13(15(17)23-19-8)16(21)22-9(2)14(20)11-7-18-12-6-4-3-5-10(11)12/h3-7,9,18H,17H2,1-2H3. The molecule has 0 saturated heterocycles. The van der Waals surface area contributed by atoms with Crippen molar-refractivity contribution in [1.82, 2.24) is 9.36 Å². The lowest BCUT2D eigenvalue weighted by Crippen LogP contribution is -2.24. The number of carbonyl (C=O) groups excluding carboxylic acids is 2. The molecule has 1 unspecified atom stereocenters. The van der Waals surface area contributed by atoms with Crippen LogP contribution in [0.1, 0.15) is 33.3 Å². The van der Waals surface area contributed by atoms with Crippen molar-refractivity contribution in [2.75, 3.05) is 5.73 Å². The molecule has 3 rings (SSSR count). The number of nitrogens with zero attached hydrogens (tertiary/aromatic N) is 1. The predicted molar refractivity (Wildman–Crippen MR) is 88.8 cm³/mol. The lowest BCUT2D eigenvalue weighted by molar-refractivity contribution is 0.0320. The first-order valence-electron chi connectivity index (χ1n) is 7.02. The number of nitrogens with one attached hydrogen (secondary N) is 1. The van der Waals surface area contributed by atoms with Gasteiger partial charge in [-0.2, -0.15) is 4.37 Å². The van der Waals surface area contributed by atoms with Gasteiger partial charge in [0.2, 0.25) is 5.78 Å². The van der Waals surface area contributed by atoms with Gasteiger partial charge in [0, 0.05) is 22.7 Å². The molecule has 0 aliphatic rings. The Morgan fingerprint density at radius 3 is 2.78 bits per heavy atom. The molecule has 0 spiro atoms. The van der Waals surface area contributed by atoms with Crippen molar-refractivity contribution in [2.24, 2.45) is 0 Å². The van der Waals surface area contributed by atoms with Crippen LogP contribution >= 0.6 is 11.5 Å². The molecule has 3 aromatic rings. The zero-order chi connectivity index (χ0) is 16.6. The molecular weight excluding hydrogens is 314 g/mol. The molecule has 7 heteroatoms. The monoisotopic (exact) mass is 329 g/mol. The molecule has 0 radical (unpaired) electrons. The van der Waals surface area contributed by atoms with Crippen LogP contribution in [0.25, 0.3) is 10.9 Å². The van der Waals surface area contributed by atoms with E-state index in [0.717, 1.165) is 22.4 Å². The number of rotatable bonds is 4. The van der Waals surface area contributed by atoms with Crippen molar-refractivity contribution in [3.05, 3.63) is 47.3 Å². The Morgan fingerprint density at radius 2 is 2.09 bits per heavy atom. The number of esters is 1. The Morgan fingerprint density at radius 1 is 1.35 bits per heavy atom. The molecule has 6 nitrogen and oxygen atoms in total. The number of ether oxygens (including phenoxy) is 1. The number of benzene rings is 1. The summed E-state index contributed by atoms with van der Waals surface area (Å²) in [4.78, 5) is 27.8. The zero-order valence-corrected chi connectivity index (χ0v) is 13.4. The van der Waals surface area contributed by atoms with E-state index in [1.54, 1.807) is 20.0 Å². The molecule has 0 bridgehead atoms. The van der Waals surface area contributed by atoms with Crippen LogP contribution in [0.3, 0.4) is 0 Å². The first kappa shape index (κ1) is 15.2. The molecule has 2 aromatic heterocycles. The summed E-state index contributed by atoms with van der Waals surface area (Å²) in [6.45, 7) is 3.23. The van der Waals surface area contributed by atoms with Gasteiger partial charge >= 0.3 is 5.97 Å². The third-order valence-corrected chi connectivity index (χ3v) is 4.37. The molecular formula is C16H15N3O3S. The van der Waals surface area contributed by atoms with Gasteiger partial charge in [0.25, 0.3) is 0 Å². The highest BCUT2D eigenvalue weighted by Crippen LogP contribution is 2.24. The Balaban J connectivity index is 1.82. The lowest BCUT2D eigenvalue weighted by atomic mass is 10.1. The maximum absolute atomic E-state index is 12.6. The van der Waals surface area contributed by atoms with Crippen LogP contribution in [0, 0.1) is 6.92 Å². The van der Waals surface area contributed by atoms with Crippen LogP contribution in [0.4, 0.5) is 5.00 Å². The number of fused-ring (bicyclic) bond motifs is 1. The topological polar surface area (TPSA) is 98.1 Å². The van der Waals surface area contributed by atoms with E-state index < -0.39 is 12.1 Å². The van der Waals surface area contributed by atoms with Crippen molar-refractivity contribution >= 4 is 39.2 Å². The minimum atomic E-state index is -0.916. The molecule has 3 N–H and O–H groups in total. The van der Waals surface area contributed by atoms with Crippen LogP contribution in [-0.4, -0.2) is 27.2 Å². The molecule has 0 aliphatic heterocycles. The van der Waals surface area contributed by atoms with Gasteiger partial charge < -0.3 is 15.5 Å². The Labute approximate surface area is 136 Å². The highest BCUT2D eigenvalue weighted by atomic mass is 32.1. The molecule has 118 valence electrons. The van der Waals surface area contributed by atoms with E-state index in [2.05, 4.69) is 9.36 Å². The number of nitrogen functional groups attached to an aromatic ring is 1. The van der Waals surface area contributed by atoms with Gasteiger partial charge in [0.05, 0.1) is 5.69 Å². The summed E-state index contributed by atoms with van der Waals surface area (Å²) in [5.41, 5.74) is 7.81. The van der Waals surface area contributed by atoms with E-state index >= 15 is 0 Å². The number of hydrogen-bond donors (Lipinski definition) is 2. The number of para-hydroxylation sites is 1. The number of H-pyrrole nitrogens is 1. The van der Waals surface area contributed by atoms with Crippen molar-refractivity contribution in [3.63, 3.8) is 0 Å². The maximum atomic E-state index is 12.6. The second kappa shape index (κ2) is 5.85. The highest BCUT2D eigenvalue weighted by molar-refractivity contribution is 7.10. The van der Waals surface area contributed by atoms with Gasteiger partial charge in [-0.1, -0.05) is 18.2 Å². The number of anilines is 1. The number of aromatic amines is 1. The number of carbonyl (C=O) groups is 2. The second-order valence-corrected chi connectivity index (χ2v) is 5.97. The van der Waals surface area contributed by atoms with Crippen molar-refractivity contribution in [1.29, 1.82) is 0 Å². The summed E-state index contributed by atoms with van der Waals surface area (Å²) in [6, 6.07) is 7.46. The molecule has 0 saturated carbocycles. The molecule has 1 atom stereocenters. The number of aryl methyl sites for hydroxylation is 1. The van der Waals surface area contributed by atoms with E-state index in [9.17, 15) is 9.59 Å². The Bertz CT molecular complexity index is 878. The quantitative estimate of drug-likeness (QED) is 0.566. The van der Waals surface area contributed by atoms with Crippen LogP contribution in [0.5, 0.6) is 0 Å². The normalized spacial score (nSPS) is 12.3. The first-order chi connectivity index (χ1) is 11.0. The third-order valence-electron chi connectivity index (χ3n) is 3.60. The number of aromatic nitrogens is 2. The molecule has 1 aromatic carbocycles. The fourth-order valence-corrected chi connectivity index (χ4v) is 3.05. The summed E-state index contributed by atoms with van der Waals surface area (Å²) < 4.78 is 9.28. The smallest absolute Gasteiger partial charge is 0.343 e. The average molecular weight is 329 g/mol. The number of nitrogens with two attached hydrogens (primary N) is 1. The summed E-state index contributed by atoms with van der Waals surface area (Å²) in [5, 5.41) is 1.09. The Kier molecular flexibility index (Phi) is 3.87. The van der Waals surface area contributed by atoms with E-state index in [-0.39, 0.29) is 11.3 Å². The number of hydrogen-bond acceptors (Lipinski definition) is 6. The summed E-state index contributed by atoms with van der Waals surface area (Å²) in [7, 11) is 0. The van der Waals surface area contributed by atoms with E-state index in [1.165, 1.54) is 0 Å². The fourth-order valence-electron chi connectivity index (χ4n) is 2.40. The lowest BCUT2D eigenvalue weighted by Gasteiger charge is -2.12. The van der Waals surface area contributed by atoms with Crippen molar-refractivity contribution in [2.45, 2.75) is 20.0 Å². The molecule has 2 heterocycles. The highest BCUT2D eigenvalue weighted by Gasteiger charge is 2.25. The van der Waals surface area contributed by atoms with Gasteiger partial charge in [0.15, 0.2) is 6.10 Å². The predicted octanol–water partition coefficient (Wildman–Crippen LogP) is 2.94. The largest absolute Gasteiger partial charge is 0.451 e. The molecule has 0 amide bonds. The van der Waals surface area contributed by atoms with Gasteiger partial charge in [-0.25, -0.2) is 4.79 Å². The van der Waals surface area contributed by atoms with Crippen molar-refractivity contribution in [3.8, 4) is 0 Å². The van der Waals surface area contributed by atoms with Gasteiger partial charge in [0.1, 0.15) is 10.6 Å². The van der Waals surface area contributed by atoms with Crippen molar-refractivity contribution < 1.29 is 14.3 Å². The maximum Gasteiger partial charge on any atom is 0.343 e. The third kappa shape index (κ3) is 2.70. The fraction of sp³-hybridized carbons (Fsp3) is 0.188. The average Bonchev–Trinajstić information content (AvgIpc) is 3.10. The summed E-state index contributed by atoms with van der Waals surface area (Å²) in [6.07, 6.45) is 0.712. The van der Waals surface area contributed by atoms with Gasteiger partial charge in [-0.15, -0.1) is 0 Å². The SMILES string of the molecule is Cc1nsc(N)c1C(=O)OC(C)C(=O)c1c[nH]c2ccccc12. The molecule has 0 aliphatic carbocycles. The van der Waals surface area contributed by atoms with Crippen LogP contribution in [0.15, 0.2) is 30.5 Å². The van der Waals surface area contributed by atoms with E-state index in [0.29, 0.717) is 16.3 Å². The summed E-state index contributed by atoms with van der Waals surface area (Å²) in [5.74, 6) is -0.898.